The fourth-order valence-electron chi connectivity index (χ4n) is 3.16. The Bertz CT molecular complexity index is 589. The van der Waals surface area contributed by atoms with Gasteiger partial charge in [0.05, 0.1) is 33.0 Å². The Balaban J connectivity index is 2.12. The zero-order valence-electron chi connectivity index (χ0n) is 12.8. The SMILES string of the molecule is COc1cc2c(c(OC)c1)[C@]1(OC2)O[C@H](CO)[C@@H](O)[C@H](O)[C@H]1O. The standard InChI is InChI=1S/C15H20O8/c1-20-8-3-7-6-22-15(11(7)9(4-8)21-2)14(19)13(18)12(17)10(5-16)23-15/h3-4,10,12-14,16-19H,5-6H2,1-2H3/t10-,12-,13+,14-,15+/m1/s1. The molecule has 0 aliphatic carbocycles. The van der Waals surface area contributed by atoms with Crippen LogP contribution < -0.4 is 9.47 Å². The van der Waals surface area contributed by atoms with Crippen LogP contribution in [0.3, 0.4) is 0 Å². The molecule has 2 heterocycles. The summed E-state index contributed by atoms with van der Waals surface area (Å²) >= 11 is 0. The topological polar surface area (TPSA) is 118 Å². The van der Waals surface area contributed by atoms with Crippen molar-refractivity contribution >= 4 is 0 Å². The van der Waals surface area contributed by atoms with Gasteiger partial charge in [0.2, 0.25) is 5.79 Å². The largest absolute Gasteiger partial charge is 0.497 e. The van der Waals surface area contributed by atoms with Gasteiger partial charge in [-0.1, -0.05) is 0 Å². The van der Waals surface area contributed by atoms with E-state index in [0.29, 0.717) is 22.6 Å². The maximum atomic E-state index is 10.5. The molecule has 4 N–H and O–H groups in total. The van der Waals surface area contributed by atoms with E-state index in [0.717, 1.165) is 0 Å². The van der Waals surface area contributed by atoms with Crippen molar-refractivity contribution in [1.29, 1.82) is 0 Å². The minimum atomic E-state index is -1.72. The van der Waals surface area contributed by atoms with Crippen molar-refractivity contribution in [2.75, 3.05) is 20.8 Å². The monoisotopic (exact) mass is 328 g/mol. The van der Waals surface area contributed by atoms with Gasteiger partial charge in [0.25, 0.3) is 0 Å². The van der Waals surface area contributed by atoms with E-state index in [-0.39, 0.29) is 6.61 Å². The fourth-order valence-corrected chi connectivity index (χ4v) is 3.16. The molecule has 1 saturated heterocycles. The highest BCUT2D eigenvalue weighted by Crippen LogP contribution is 2.50. The van der Waals surface area contributed by atoms with E-state index in [9.17, 15) is 20.4 Å². The van der Waals surface area contributed by atoms with Crippen molar-refractivity contribution in [3.05, 3.63) is 23.3 Å². The molecule has 1 aromatic carbocycles. The molecule has 128 valence electrons. The van der Waals surface area contributed by atoms with E-state index in [1.165, 1.54) is 14.2 Å². The highest BCUT2D eigenvalue weighted by Gasteiger charge is 2.59. The van der Waals surface area contributed by atoms with Gasteiger partial charge in [-0.3, -0.25) is 0 Å². The Morgan fingerprint density at radius 2 is 1.91 bits per heavy atom. The Kier molecular flexibility index (Phi) is 4.21. The molecule has 2 aliphatic rings. The number of hydrogen-bond donors (Lipinski definition) is 4. The molecular weight excluding hydrogens is 308 g/mol. The van der Waals surface area contributed by atoms with Gasteiger partial charge >= 0.3 is 0 Å². The fraction of sp³-hybridized carbons (Fsp3) is 0.600. The Labute approximate surface area is 132 Å². The van der Waals surface area contributed by atoms with Crippen LogP contribution in [0, 0.1) is 0 Å². The number of aliphatic hydroxyl groups is 4. The summed E-state index contributed by atoms with van der Waals surface area (Å²) in [7, 11) is 2.96. The number of hydrogen-bond acceptors (Lipinski definition) is 8. The molecule has 0 bridgehead atoms. The first kappa shape index (κ1) is 16.4. The molecule has 0 amide bonds. The van der Waals surface area contributed by atoms with Gasteiger partial charge in [-0.25, -0.2) is 0 Å². The van der Waals surface area contributed by atoms with E-state index >= 15 is 0 Å². The predicted molar refractivity (Wildman–Crippen MR) is 76.0 cm³/mol. The van der Waals surface area contributed by atoms with Crippen molar-refractivity contribution in [3.63, 3.8) is 0 Å². The lowest BCUT2D eigenvalue weighted by Crippen LogP contribution is -2.63. The number of ether oxygens (including phenoxy) is 4. The average Bonchev–Trinajstić information content (AvgIpc) is 2.95. The van der Waals surface area contributed by atoms with Gasteiger partial charge in [0.1, 0.15) is 35.9 Å². The molecule has 5 atom stereocenters. The van der Waals surface area contributed by atoms with Crippen LogP contribution in [-0.2, 0) is 21.9 Å². The zero-order valence-corrected chi connectivity index (χ0v) is 12.8. The number of rotatable bonds is 3. The summed E-state index contributed by atoms with van der Waals surface area (Å²) in [6, 6.07) is 3.32. The van der Waals surface area contributed by atoms with Gasteiger partial charge < -0.3 is 39.4 Å². The highest BCUT2D eigenvalue weighted by atomic mass is 16.7. The third-order valence-electron chi connectivity index (χ3n) is 4.35. The number of methoxy groups -OCH3 is 2. The number of aliphatic hydroxyl groups excluding tert-OH is 4. The summed E-state index contributed by atoms with van der Waals surface area (Å²) in [6.45, 7) is -0.440. The molecule has 3 rings (SSSR count). The van der Waals surface area contributed by atoms with Gasteiger partial charge in [-0.2, -0.15) is 0 Å². The molecule has 0 aromatic heterocycles. The van der Waals surface area contributed by atoms with Crippen molar-refractivity contribution in [2.45, 2.75) is 36.8 Å². The van der Waals surface area contributed by atoms with Gasteiger partial charge in [0.15, 0.2) is 0 Å². The maximum absolute atomic E-state index is 10.5. The molecule has 0 radical (unpaired) electrons. The highest BCUT2D eigenvalue weighted by molar-refractivity contribution is 5.51. The summed E-state index contributed by atoms with van der Waals surface area (Å²) < 4.78 is 21.9. The number of fused-ring (bicyclic) bond motifs is 2. The molecule has 2 aliphatic heterocycles. The van der Waals surface area contributed by atoms with Crippen LogP contribution in [0.2, 0.25) is 0 Å². The van der Waals surface area contributed by atoms with Crippen LogP contribution in [0.5, 0.6) is 11.5 Å². The van der Waals surface area contributed by atoms with Crippen LogP contribution >= 0.6 is 0 Å². The van der Waals surface area contributed by atoms with E-state index in [2.05, 4.69) is 0 Å². The normalized spacial score (nSPS) is 36.1. The van der Waals surface area contributed by atoms with Crippen molar-refractivity contribution in [3.8, 4) is 11.5 Å². The lowest BCUT2D eigenvalue weighted by molar-refractivity contribution is -0.368. The first-order chi connectivity index (χ1) is 11.0. The molecular formula is C15H20O8. The van der Waals surface area contributed by atoms with Crippen LogP contribution in [-0.4, -0.2) is 65.7 Å². The lowest BCUT2D eigenvalue weighted by atomic mass is 9.87. The molecule has 8 heteroatoms. The van der Waals surface area contributed by atoms with Crippen LogP contribution in [0.25, 0.3) is 0 Å². The van der Waals surface area contributed by atoms with Crippen LogP contribution in [0.4, 0.5) is 0 Å². The molecule has 1 aromatic rings. The van der Waals surface area contributed by atoms with E-state index in [1.807, 2.05) is 0 Å². The van der Waals surface area contributed by atoms with Crippen molar-refractivity contribution in [1.82, 2.24) is 0 Å². The third-order valence-corrected chi connectivity index (χ3v) is 4.35. The maximum Gasteiger partial charge on any atom is 0.229 e. The smallest absolute Gasteiger partial charge is 0.229 e. The lowest BCUT2D eigenvalue weighted by Gasteiger charge is -2.46. The van der Waals surface area contributed by atoms with Crippen LogP contribution in [0.1, 0.15) is 11.1 Å². The minimum absolute atomic E-state index is 0.0981. The van der Waals surface area contributed by atoms with Crippen molar-refractivity contribution in [2.24, 2.45) is 0 Å². The molecule has 0 saturated carbocycles. The Morgan fingerprint density at radius 1 is 1.17 bits per heavy atom. The Morgan fingerprint density at radius 3 is 2.52 bits per heavy atom. The van der Waals surface area contributed by atoms with Gasteiger partial charge in [0, 0.05) is 6.07 Å². The molecule has 1 spiro atoms. The second-order valence-corrected chi connectivity index (χ2v) is 5.58. The minimum Gasteiger partial charge on any atom is -0.497 e. The van der Waals surface area contributed by atoms with E-state index < -0.39 is 36.8 Å². The average molecular weight is 328 g/mol. The first-order valence-electron chi connectivity index (χ1n) is 7.20. The summed E-state index contributed by atoms with van der Waals surface area (Å²) in [5.74, 6) is -0.819. The summed E-state index contributed by atoms with van der Waals surface area (Å²) in [5.41, 5.74) is 1.08. The quantitative estimate of drug-likeness (QED) is 0.550. The van der Waals surface area contributed by atoms with Crippen LogP contribution in [0.15, 0.2) is 12.1 Å². The predicted octanol–water partition coefficient (Wildman–Crippen LogP) is -1.14. The summed E-state index contributed by atoms with van der Waals surface area (Å²) in [4.78, 5) is 0. The molecule has 0 unspecified atom stereocenters. The molecule has 23 heavy (non-hydrogen) atoms. The third kappa shape index (κ3) is 2.30. The second-order valence-electron chi connectivity index (χ2n) is 5.58. The first-order valence-corrected chi connectivity index (χ1v) is 7.20. The zero-order chi connectivity index (χ0) is 16.8. The second kappa shape index (κ2) is 5.90. The van der Waals surface area contributed by atoms with E-state index in [4.69, 9.17) is 18.9 Å². The molecule has 1 fully saturated rings. The molecule has 8 nitrogen and oxygen atoms in total. The summed E-state index contributed by atoms with van der Waals surface area (Å²) in [6.07, 6.45) is -5.63. The van der Waals surface area contributed by atoms with Gasteiger partial charge in [-0.05, 0) is 11.6 Å². The van der Waals surface area contributed by atoms with Gasteiger partial charge in [-0.15, -0.1) is 0 Å². The Hall–Kier alpha value is -1.42. The van der Waals surface area contributed by atoms with E-state index in [1.54, 1.807) is 12.1 Å². The number of benzene rings is 1. The summed E-state index contributed by atoms with van der Waals surface area (Å²) in [5, 5.41) is 39.9. The van der Waals surface area contributed by atoms with Crippen molar-refractivity contribution < 1.29 is 39.4 Å².